The Balaban J connectivity index is 3.00. The second-order valence-corrected chi connectivity index (χ2v) is 12.7. The summed E-state index contributed by atoms with van der Waals surface area (Å²) in [5, 5.41) is 0. The van der Waals surface area contributed by atoms with Crippen molar-refractivity contribution in [3.05, 3.63) is 57.6 Å². The van der Waals surface area contributed by atoms with Gasteiger partial charge in [-0.05, 0) is 89.8 Å². The molecule has 0 atom stereocenters. The molecule has 0 unspecified atom stereocenters. The summed E-state index contributed by atoms with van der Waals surface area (Å²) in [6, 6.07) is 5.46. The van der Waals surface area contributed by atoms with Gasteiger partial charge in [0.1, 0.15) is 0 Å². The fourth-order valence-corrected chi connectivity index (χ4v) is 4.88. The minimum Gasteiger partial charge on any atom is -0.166 e. The first-order valence-corrected chi connectivity index (χ1v) is 13.8. The van der Waals surface area contributed by atoms with Crippen molar-refractivity contribution in [2.45, 2.75) is 103 Å². The summed E-state index contributed by atoms with van der Waals surface area (Å²) in [5.41, 5.74) is -2.47. The maximum absolute atomic E-state index is 14.3. The molecule has 0 aliphatic heterocycles. The van der Waals surface area contributed by atoms with Gasteiger partial charge in [0, 0.05) is 20.6 Å². The molecule has 7 heteroatoms. The molecule has 212 valence electrons. The van der Waals surface area contributed by atoms with Gasteiger partial charge in [-0.3, -0.25) is 0 Å². The number of aryl methyl sites for hydroxylation is 2. The third kappa shape index (κ3) is 9.87. The van der Waals surface area contributed by atoms with E-state index >= 15 is 0 Å². The molecule has 0 N–H and O–H groups in total. The zero-order chi connectivity index (χ0) is 29.8. The van der Waals surface area contributed by atoms with Crippen molar-refractivity contribution in [1.82, 2.24) is 0 Å². The highest BCUT2D eigenvalue weighted by Gasteiger charge is 2.37. The Bertz CT molecular complexity index is 1190. The van der Waals surface area contributed by atoms with Gasteiger partial charge in [0.2, 0.25) is 0 Å². The zero-order valence-corrected chi connectivity index (χ0v) is 24.6. The lowest BCUT2D eigenvalue weighted by atomic mass is 9.95. The topological polar surface area (TPSA) is 0 Å². The average Bonchev–Trinajstić information content (AvgIpc) is 2.75. The van der Waals surface area contributed by atoms with E-state index in [9.17, 15) is 26.3 Å². The van der Waals surface area contributed by atoms with Crippen LogP contribution in [0.2, 0.25) is 0 Å². The van der Waals surface area contributed by atoms with E-state index in [0.717, 1.165) is 23.9 Å². The largest absolute Gasteiger partial charge is 0.417 e. The summed E-state index contributed by atoms with van der Waals surface area (Å²) in [5.74, 6) is 11.2. The number of halogens is 6. The van der Waals surface area contributed by atoms with Gasteiger partial charge in [-0.15, -0.1) is 0 Å². The van der Waals surface area contributed by atoms with E-state index in [1.165, 1.54) is 0 Å². The van der Waals surface area contributed by atoms with Gasteiger partial charge in [0.15, 0.2) is 0 Å². The van der Waals surface area contributed by atoms with Crippen molar-refractivity contribution < 1.29 is 26.3 Å². The summed E-state index contributed by atoms with van der Waals surface area (Å²) < 4.78 is 85.7. The molecule has 0 radical (unpaired) electrons. The molecule has 0 aromatic heterocycles. The Morgan fingerprint density at radius 3 is 1.18 bits per heavy atom. The monoisotopic (exact) mass is 566 g/mol. The second kappa shape index (κ2) is 12.3. The normalized spacial score (nSPS) is 12.5. The van der Waals surface area contributed by atoms with E-state index in [1.54, 1.807) is 53.7 Å². The number of hydrogen-bond donors (Lipinski definition) is 0. The minimum absolute atomic E-state index is 0.172. The molecule has 0 aliphatic carbocycles. The first-order chi connectivity index (χ1) is 17.7. The molecule has 0 saturated heterocycles. The molecule has 0 bridgehead atoms. The molecule has 2 aromatic rings. The lowest BCUT2D eigenvalue weighted by Crippen LogP contribution is -2.12. The van der Waals surface area contributed by atoms with Crippen LogP contribution in [0.15, 0.2) is 34.1 Å². The van der Waals surface area contributed by atoms with E-state index < -0.39 is 34.3 Å². The minimum atomic E-state index is -4.68. The van der Waals surface area contributed by atoms with Crippen LogP contribution >= 0.6 is 11.8 Å². The van der Waals surface area contributed by atoms with Crippen LogP contribution in [0, 0.1) is 34.5 Å². The Kier molecular flexibility index (Phi) is 10.3. The van der Waals surface area contributed by atoms with Crippen molar-refractivity contribution in [2.75, 3.05) is 0 Å². The van der Waals surface area contributed by atoms with Crippen LogP contribution in [0.1, 0.15) is 102 Å². The number of benzene rings is 2. The van der Waals surface area contributed by atoms with Gasteiger partial charge in [-0.2, -0.15) is 26.3 Å². The van der Waals surface area contributed by atoms with Crippen molar-refractivity contribution >= 4 is 11.8 Å². The van der Waals surface area contributed by atoms with Gasteiger partial charge in [0.25, 0.3) is 0 Å². The van der Waals surface area contributed by atoms with Crippen LogP contribution in [0.4, 0.5) is 26.3 Å². The zero-order valence-electron chi connectivity index (χ0n) is 23.8. The van der Waals surface area contributed by atoms with Crippen molar-refractivity contribution in [2.24, 2.45) is 10.8 Å². The van der Waals surface area contributed by atoms with Crippen molar-refractivity contribution in [3.8, 4) is 23.7 Å². The first kappa shape index (κ1) is 32.7. The highest BCUT2D eigenvalue weighted by atomic mass is 32.2. The van der Waals surface area contributed by atoms with Crippen molar-refractivity contribution in [3.63, 3.8) is 0 Å². The molecular formula is C32H36F6S. The standard InChI is InChI=1S/C32H36F6S/c1-9-11-21-17-25(31(33,34)35)23(13-15-29(3,4)5)27(19-21)39-28-20-22(12-10-2)18-26(32(36,37)38)24(28)14-16-30(6,7)8/h17-20H,9-12H2,1-8H3. The highest BCUT2D eigenvalue weighted by molar-refractivity contribution is 7.99. The highest BCUT2D eigenvalue weighted by Crippen LogP contribution is 2.44. The molecular weight excluding hydrogens is 530 g/mol. The molecule has 0 spiro atoms. The van der Waals surface area contributed by atoms with Crippen LogP contribution in [-0.2, 0) is 25.2 Å². The quantitative estimate of drug-likeness (QED) is 0.248. The summed E-state index contributed by atoms with van der Waals surface area (Å²) in [6.07, 6.45) is -7.36. The average molecular weight is 567 g/mol. The van der Waals surface area contributed by atoms with E-state index in [1.807, 2.05) is 13.8 Å². The van der Waals surface area contributed by atoms with Gasteiger partial charge in [-0.1, -0.05) is 62.1 Å². The molecule has 0 fully saturated rings. The molecule has 0 amide bonds. The Hall–Kier alpha value is -2.51. The lowest BCUT2D eigenvalue weighted by Gasteiger charge is -2.19. The van der Waals surface area contributed by atoms with E-state index in [0.29, 0.717) is 36.8 Å². The fraction of sp³-hybridized carbons (Fsp3) is 0.500. The molecule has 0 aliphatic rings. The Morgan fingerprint density at radius 1 is 0.590 bits per heavy atom. The maximum Gasteiger partial charge on any atom is 0.417 e. The Morgan fingerprint density at radius 2 is 0.923 bits per heavy atom. The molecule has 2 rings (SSSR count). The molecule has 2 aromatic carbocycles. The molecule has 39 heavy (non-hydrogen) atoms. The first-order valence-electron chi connectivity index (χ1n) is 13.0. The smallest absolute Gasteiger partial charge is 0.166 e. The summed E-state index contributed by atoms with van der Waals surface area (Å²) in [6.45, 7) is 14.4. The second-order valence-electron chi connectivity index (χ2n) is 11.6. The van der Waals surface area contributed by atoms with Crippen LogP contribution in [0.5, 0.6) is 0 Å². The van der Waals surface area contributed by atoms with Gasteiger partial charge in [-0.25, -0.2) is 0 Å². The summed E-state index contributed by atoms with van der Waals surface area (Å²) in [7, 11) is 0. The lowest BCUT2D eigenvalue weighted by molar-refractivity contribution is -0.138. The van der Waals surface area contributed by atoms with E-state index in [-0.39, 0.29) is 20.9 Å². The molecule has 0 saturated carbocycles. The van der Waals surface area contributed by atoms with Crippen LogP contribution in [-0.4, -0.2) is 0 Å². The third-order valence-electron chi connectivity index (χ3n) is 5.36. The number of alkyl halides is 6. The summed E-state index contributed by atoms with van der Waals surface area (Å²) in [4.78, 5) is 0.344. The Labute approximate surface area is 233 Å². The maximum atomic E-state index is 14.3. The fourth-order valence-electron chi connectivity index (χ4n) is 3.70. The van der Waals surface area contributed by atoms with Gasteiger partial charge < -0.3 is 0 Å². The summed E-state index contributed by atoms with van der Waals surface area (Å²) >= 11 is 0.878. The van der Waals surface area contributed by atoms with Crippen LogP contribution in [0.3, 0.4) is 0 Å². The van der Waals surface area contributed by atoms with E-state index in [2.05, 4.69) is 23.7 Å². The SMILES string of the molecule is CCCc1cc(Sc2cc(CCC)cc(C(F)(F)F)c2C#CC(C)(C)C)c(C#CC(C)(C)C)c(C(F)(F)F)c1. The third-order valence-corrected chi connectivity index (χ3v) is 6.44. The van der Waals surface area contributed by atoms with Crippen molar-refractivity contribution in [1.29, 1.82) is 0 Å². The molecule has 0 heterocycles. The van der Waals surface area contributed by atoms with Gasteiger partial charge in [0.05, 0.1) is 22.3 Å². The van der Waals surface area contributed by atoms with E-state index in [4.69, 9.17) is 0 Å². The molecule has 0 nitrogen and oxygen atoms in total. The van der Waals surface area contributed by atoms with Crippen LogP contribution in [0.25, 0.3) is 0 Å². The number of hydrogen-bond acceptors (Lipinski definition) is 1. The number of rotatable bonds is 6. The predicted molar refractivity (Wildman–Crippen MR) is 148 cm³/mol. The van der Waals surface area contributed by atoms with Gasteiger partial charge >= 0.3 is 12.4 Å². The predicted octanol–water partition coefficient (Wildman–Crippen LogP) is 10.6. The van der Waals surface area contributed by atoms with Crippen LogP contribution < -0.4 is 0 Å².